The van der Waals surface area contributed by atoms with Crippen LogP contribution in [0.1, 0.15) is 10.4 Å². The summed E-state index contributed by atoms with van der Waals surface area (Å²) in [6, 6.07) is 7.76. The molecule has 1 aliphatic carbocycles. The Morgan fingerprint density at radius 2 is 1.52 bits per heavy atom. The molecule has 0 saturated heterocycles. The fourth-order valence-electron chi connectivity index (χ4n) is 3.25. The molecule has 29 heavy (non-hydrogen) atoms. The average Bonchev–Trinajstić information content (AvgIpc) is 2.69. The van der Waals surface area contributed by atoms with Crippen LogP contribution in [0.5, 0.6) is 28.7 Å². The Hall–Kier alpha value is -4.40. The van der Waals surface area contributed by atoms with Crippen LogP contribution in [0.4, 0.5) is 0 Å². The summed E-state index contributed by atoms with van der Waals surface area (Å²) in [5, 5.41) is 59.6. The largest absolute Gasteiger partial charge is 0.504 e. The summed E-state index contributed by atoms with van der Waals surface area (Å²) in [7, 11) is 0. The summed E-state index contributed by atoms with van der Waals surface area (Å²) in [6.07, 6.45) is 0. The lowest BCUT2D eigenvalue weighted by Gasteiger charge is -2.18. The first-order chi connectivity index (χ1) is 13.7. The van der Waals surface area contributed by atoms with E-state index in [-0.39, 0.29) is 27.6 Å². The minimum absolute atomic E-state index is 0.0311. The van der Waals surface area contributed by atoms with Crippen molar-refractivity contribution in [3.05, 3.63) is 52.2 Å². The maximum absolute atomic E-state index is 11.9. The number of benzene rings is 3. The van der Waals surface area contributed by atoms with Crippen molar-refractivity contribution in [2.75, 3.05) is 0 Å². The van der Waals surface area contributed by atoms with Gasteiger partial charge in [-0.2, -0.15) is 0 Å². The normalized spacial score (nSPS) is 11.2. The molecule has 6 N–H and O–H groups in total. The first kappa shape index (κ1) is 18.0. The van der Waals surface area contributed by atoms with Gasteiger partial charge in [0, 0.05) is 16.5 Å². The summed E-state index contributed by atoms with van der Waals surface area (Å²) in [6.45, 7) is 0. The molecule has 0 radical (unpaired) electrons. The Balaban J connectivity index is 2.34. The highest BCUT2D eigenvalue weighted by Crippen LogP contribution is 2.50. The Labute approximate surface area is 160 Å². The zero-order chi connectivity index (χ0) is 21.0. The number of aromatic hydroxyl groups is 5. The standard InChI is InChI=1S/C20H12O9/c21-11-5-9-13(7-3-1-2-4-8(7)20(27)28)10-6-12(22)15(24)17(26)19(10)29-18(9)16(25)14(11)23/h1-6,21-23,25-26H,(H,27,28). The number of hydrogen-bond donors (Lipinski definition) is 6. The number of carboxylic acids is 1. The van der Waals surface area contributed by atoms with Crippen LogP contribution < -0.4 is 5.43 Å². The Morgan fingerprint density at radius 1 is 0.828 bits per heavy atom. The van der Waals surface area contributed by atoms with Crippen LogP contribution >= 0.6 is 0 Å². The number of fused-ring (bicyclic) bond motifs is 2. The first-order valence-electron chi connectivity index (χ1n) is 8.14. The van der Waals surface area contributed by atoms with Crippen molar-refractivity contribution >= 4 is 16.9 Å². The number of aromatic carboxylic acids is 1. The Morgan fingerprint density at radius 3 is 2.21 bits per heavy atom. The van der Waals surface area contributed by atoms with Gasteiger partial charge in [-0.05, 0) is 23.8 Å². The van der Waals surface area contributed by atoms with Gasteiger partial charge in [0.15, 0.2) is 22.8 Å². The maximum Gasteiger partial charge on any atom is 0.336 e. The molecule has 0 spiro atoms. The molecule has 0 unspecified atom stereocenters. The third-order valence-electron chi connectivity index (χ3n) is 4.57. The predicted molar refractivity (Wildman–Crippen MR) is 99.8 cm³/mol. The van der Waals surface area contributed by atoms with Crippen LogP contribution in [0.15, 0.2) is 45.6 Å². The molecule has 9 heteroatoms. The van der Waals surface area contributed by atoms with Crippen molar-refractivity contribution in [1.82, 2.24) is 0 Å². The molecule has 2 aromatic carbocycles. The molecular formula is C20H12O9. The predicted octanol–water partition coefficient (Wildman–Crippen LogP) is 2.79. The quantitative estimate of drug-likeness (QED) is 0.220. The number of hydrogen-bond acceptors (Lipinski definition) is 8. The van der Waals surface area contributed by atoms with Gasteiger partial charge in [-0.3, -0.25) is 4.79 Å². The van der Waals surface area contributed by atoms with E-state index in [4.69, 9.17) is 4.42 Å². The minimum atomic E-state index is -1.29. The number of rotatable bonds is 2. The average molecular weight is 396 g/mol. The van der Waals surface area contributed by atoms with E-state index in [1.165, 1.54) is 24.3 Å². The summed E-state index contributed by atoms with van der Waals surface area (Å²) in [5.41, 5.74) is -1.64. The highest BCUT2D eigenvalue weighted by molar-refractivity contribution is 6.10. The Kier molecular flexibility index (Phi) is 3.76. The molecule has 0 amide bonds. The van der Waals surface area contributed by atoms with Gasteiger partial charge >= 0.3 is 5.97 Å². The smallest absolute Gasteiger partial charge is 0.336 e. The van der Waals surface area contributed by atoms with E-state index < -0.39 is 51.5 Å². The maximum atomic E-state index is 11.9. The molecule has 2 aliphatic rings. The summed E-state index contributed by atoms with van der Waals surface area (Å²) in [5.74, 6) is -6.02. The van der Waals surface area contributed by atoms with Crippen LogP contribution in [0.2, 0.25) is 0 Å². The Bertz CT molecular complexity index is 1350. The van der Waals surface area contributed by atoms with Crippen molar-refractivity contribution < 1.29 is 39.9 Å². The summed E-state index contributed by atoms with van der Waals surface area (Å²) < 4.78 is 5.41. The van der Waals surface area contributed by atoms with Crippen molar-refractivity contribution in [1.29, 1.82) is 0 Å². The van der Waals surface area contributed by atoms with Crippen molar-refractivity contribution in [3.63, 3.8) is 0 Å². The zero-order valence-electron chi connectivity index (χ0n) is 14.4. The van der Waals surface area contributed by atoms with Crippen LogP contribution in [0.3, 0.4) is 0 Å². The van der Waals surface area contributed by atoms with Gasteiger partial charge < -0.3 is 35.1 Å². The fourth-order valence-corrected chi connectivity index (χ4v) is 3.25. The number of carbonyl (C=O) groups is 1. The van der Waals surface area contributed by atoms with Crippen molar-refractivity contribution in [2.45, 2.75) is 0 Å². The van der Waals surface area contributed by atoms with Crippen LogP contribution in [-0.4, -0.2) is 36.6 Å². The highest BCUT2D eigenvalue weighted by Gasteiger charge is 2.28. The van der Waals surface area contributed by atoms with E-state index in [1.807, 2.05) is 0 Å². The van der Waals surface area contributed by atoms with Gasteiger partial charge in [0.05, 0.1) is 5.56 Å². The molecule has 4 rings (SSSR count). The third-order valence-corrected chi connectivity index (χ3v) is 4.57. The fraction of sp³-hybridized carbons (Fsp3) is 0. The molecule has 0 atom stereocenters. The van der Waals surface area contributed by atoms with E-state index in [9.17, 15) is 40.2 Å². The number of phenols is 5. The van der Waals surface area contributed by atoms with Gasteiger partial charge in [0.25, 0.3) is 5.43 Å². The lowest BCUT2D eigenvalue weighted by atomic mass is 9.90. The molecule has 9 nitrogen and oxygen atoms in total. The number of carboxylic acid groups (broad SMARTS) is 1. The van der Waals surface area contributed by atoms with Gasteiger partial charge in [0.2, 0.25) is 17.2 Å². The topological polar surface area (TPSA) is 169 Å². The lowest BCUT2D eigenvalue weighted by Crippen LogP contribution is -2.05. The van der Waals surface area contributed by atoms with Gasteiger partial charge in [-0.15, -0.1) is 0 Å². The molecule has 0 saturated carbocycles. The summed E-state index contributed by atoms with van der Waals surface area (Å²) in [4.78, 5) is 23.7. The first-order valence-corrected chi connectivity index (χ1v) is 8.14. The number of phenolic OH excluding ortho intramolecular Hbond substituents is 5. The molecule has 1 heterocycles. The molecule has 0 aromatic heterocycles. The van der Waals surface area contributed by atoms with Crippen molar-refractivity contribution in [2.24, 2.45) is 0 Å². The van der Waals surface area contributed by atoms with Crippen LogP contribution in [0.25, 0.3) is 33.4 Å². The summed E-state index contributed by atoms with van der Waals surface area (Å²) >= 11 is 0. The van der Waals surface area contributed by atoms with Crippen molar-refractivity contribution in [3.8, 4) is 51.2 Å². The monoisotopic (exact) mass is 396 g/mol. The SMILES string of the molecule is O=C(O)c1ccccc1-c1c2cc(O)c(=O)c(O)c-2oc2c(O)c(O)c(O)cc12. The second-order valence-electron chi connectivity index (χ2n) is 6.25. The van der Waals surface area contributed by atoms with Crippen LogP contribution in [0, 0.1) is 0 Å². The van der Waals surface area contributed by atoms with Crippen LogP contribution in [-0.2, 0) is 0 Å². The highest BCUT2D eigenvalue weighted by atomic mass is 16.4. The minimum Gasteiger partial charge on any atom is -0.504 e. The molecule has 0 fully saturated rings. The zero-order valence-corrected chi connectivity index (χ0v) is 14.4. The second-order valence-corrected chi connectivity index (χ2v) is 6.25. The van der Waals surface area contributed by atoms with Gasteiger partial charge in [-0.25, -0.2) is 4.79 Å². The van der Waals surface area contributed by atoms with Gasteiger partial charge in [-0.1, -0.05) is 18.2 Å². The van der Waals surface area contributed by atoms with E-state index in [0.29, 0.717) is 0 Å². The van der Waals surface area contributed by atoms with Gasteiger partial charge in [0.1, 0.15) is 0 Å². The molecule has 146 valence electrons. The molecular weight excluding hydrogens is 384 g/mol. The molecule has 1 aliphatic heterocycles. The second kappa shape index (κ2) is 6.06. The van der Waals surface area contributed by atoms with E-state index in [2.05, 4.69) is 0 Å². The van der Waals surface area contributed by atoms with E-state index in [1.54, 1.807) is 0 Å². The molecule has 2 aromatic rings. The van der Waals surface area contributed by atoms with E-state index in [0.717, 1.165) is 12.1 Å². The lowest BCUT2D eigenvalue weighted by molar-refractivity contribution is 0.0697. The van der Waals surface area contributed by atoms with E-state index >= 15 is 0 Å². The molecule has 0 bridgehead atoms. The third kappa shape index (κ3) is 2.48.